The number of urea groups is 1. The van der Waals surface area contributed by atoms with Gasteiger partial charge in [-0.2, -0.15) is 0 Å². The summed E-state index contributed by atoms with van der Waals surface area (Å²) in [5.74, 6) is 0.174. The van der Waals surface area contributed by atoms with E-state index in [4.69, 9.17) is 5.73 Å². The molecule has 1 aliphatic rings. The molecule has 0 bridgehead atoms. The summed E-state index contributed by atoms with van der Waals surface area (Å²) >= 11 is 0. The molecule has 1 heterocycles. The number of carbonyl (C=O) groups is 1. The van der Waals surface area contributed by atoms with Crippen molar-refractivity contribution in [2.24, 2.45) is 5.73 Å². The highest BCUT2D eigenvalue weighted by Gasteiger charge is 2.28. The first-order chi connectivity index (χ1) is 4.99. The van der Waals surface area contributed by atoms with Crippen molar-refractivity contribution in [3.05, 3.63) is 0 Å². The molecule has 6 heteroatoms. The van der Waals surface area contributed by atoms with Gasteiger partial charge in [0.2, 0.25) is 0 Å². The average molecular weight is 178 g/mol. The Morgan fingerprint density at radius 2 is 2.18 bits per heavy atom. The Balaban J connectivity index is 2.49. The highest BCUT2D eigenvalue weighted by atomic mass is 32.2. The average Bonchev–Trinajstić information content (AvgIpc) is 2.08. The van der Waals surface area contributed by atoms with E-state index < -0.39 is 15.9 Å². The van der Waals surface area contributed by atoms with Gasteiger partial charge in [-0.15, -0.1) is 0 Å². The van der Waals surface area contributed by atoms with Crippen LogP contribution in [0.4, 0.5) is 4.79 Å². The Morgan fingerprint density at radius 3 is 2.55 bits per heavy atom. The van der Waals surface area contributed by atoms with Crippen LogP contribution in [0.3, 0.4) is 0 Å². The van der Waals surface area contributed by atoms with Crippen molar-refractivity contribution >= 4 is 15.9 Å². The lowest BCUT2D eigenvalue weighted by Crippen LogP contribution is -2.39. The molecule has 2 amide bonds. The zero-order chi connectivity index (χ0) is 8.48. The van der Waals surface area contributed by atoms with Gasteiger partial charge in [0.1, 0.15) is 0 Å². The van der Waals surface area contributed by atoms with E-state index in [0.717, 1.165) is 0 Å². The number of amides is 2. The molecule has 1 rings (SSSR count). The number of rotatable bonds is 1. The molecule has 0 unspecified atom stereocenters. The van der Waals surface area contributed by atoms with E-state index in [1.807, 2.05) is 0 Å². The van der Waals surface area contributed by atoms with Crippen LogP contribution in [0.1, 0.15) is 6.42 Å². The third kappa shape index (κ3) is 2.38. The zero-order valence-corrected chi connectivity index (χ0v) is 6.73. The van der Waals surface area contributed by atoms with Crippen LogP contribution in [0.25, 0.3) is 0 Å². The molecule has 64 valence electrons. The van der Waals surface area contributed by atoms with Crippen molar-refractivity contribution in [1.29, 1.82) is 0 Å². The Kier molecular flexibility index (Phi) is 2.03. The highest BCUT2D eigenvalue weighted by Crippen LogP contribution is 2.10. The number of carbonyl (C=O) groups excluding carboxylic acids is 1. The quantitative estimate of drug-likeness (QED) is 0.531. The predicted molar refractivity (Wildman–Crippen MR) is 39.8 cm³/mol. The second kappa shape index (κ2) is 2.69. The summed E-state index contributed by atoms with van der Waals surface area (Å²) < 4.78 is 21.7. The third-order valence-electron chi connectivity index (χ3n) is 1.58. The van der Waals surface area contributed by atoms with Gasteiger partial charge >= 0.3 is 6.03 Å². The van der Waals surface area contributed by atoms with E-state index in [9.17, 15) is 13.2 Å². The molecule has 0 aromatic heterocycles. The minimum Gasteiger partial charge on any atom is -0.352 e. The van der Waals surface area contributed by atoms with Crippen molar-refractivity contribution in [1.82, 2.24) is 5.32 Å². The van der Waals surface area contributed by atoms with Gasteiger partial charge in [0, 0.05) is 6.04 Å². The summed E-state index contributed by atoms with van der Waals surface area (Å²) in [6.07, 6.45) is 0.477. The summed E-state index contributed by atoms with van der Waals surface area (Å²) in [5, 5.41) is 2.36. The number of hydrogen-bond acceptors (Lipinski definition) is 3. The number of sulfone groups is 1. The van der Waals surface area contributed by atoms with Crippen LogP contribution in [-0.4, -0.2) is 32.0 Å². The Morgan fingerprint density at radius 1 is 1.55 bits per heavy atom. The molecule has 0 aromatic rings. The summed E-state index contributed by atoms with van der Waals surface area (Å²) in [5.41, 5.74) is 4.82. The van der Waals surface area contributed by atoms with Crippen molar-refractivity contribution in [2.45, 2.75) is 12.5 Å². The fraction of sp³-hybridized carbons (Fsp3) is 0.800. The fourth-order valence-electron chi connectivity index (χ4n) is 1.11. The summed E-state index contributed by atoms with van der Waals surface area (Å²) in [4.78, 5) is 10.3. The number of nitrogens with one attached hydrogen (secondary N) is 1. The van der Waals surface area contributed by atoms with Gasteiger partial charge in [0.05, 0.1) is 11.5 Å². The largest absolute Gasteiger partial charge is 0.352 e. The summed E-state index contributed by atoms with van der Waals surface area (Å²) in [6, 6.07) is -0.940. The summed E-state index contributed by atoms with van der Waals surface area (Å²) in [7, 11) is -2.91. The normalized spacial score (nSPS) is 28.2. The summed E-state index contributed by atoms with van der Waals surface area (Å²) in [6.45, 7) is 0. The van der Waals surface area contributed by atoms with Gasteiger partial charge < -0.3 is 11.1 Å². The molecule has 1 atom stereocenters. The molecule has 0 radical (unpaired) electrons. The van der Waals surface area contributed by atoms with Gasteiger partial charge in [0.25, 0.3) is 0 Å². The van der Waals surface area contributed by atoms with Gasteiger partial charge in [-0.3, -0.25) is 0 Å². The molecule has 0 saturated carbocycles. The van der Waals surface area contributed by atoms with Gasteiger partial charge in [0.15, 0.2) is 9.84 Å². The third-order valence-corrected chi connectivity index (χ3v) is 3.35. The predicted octanol–water partition coefficient (Wildman–Crippen LogP) is -1.16. The Hall–Kier alpha value is -0.780. The smallest absolute Gasteiger partial charge is 0.312 e. The van der Waals surface area contributed by atoms with Gasteiger partial charge in [-0.05, 0) is 6.42 Å². The van der Waals surface area contributed by atoms with Crippen molar-refractivity contribution in [3.63, 3.8) is 0 Å². The molecule has 1 fully saturated rings. The first kappa shape index (κ1) is 8.32. The Bertz CT molecular complexity index is 259. The molecule has 0 spiro atoms. The SMILES string of the molecule is NC(=O)N[C@@H]1CCS(=O)(=O)C1. The maximum atomic E-state index is 10.8. The van der Waals surface area contributed by atoms with Gasteiger partial charge in [-0.1, -0.05) is 0 Å². The van der Waals surface area contributed by atoms with Crippen LogP contribution in [0.5, 0.6) is 0 Å². The first-order valence-corrected chi connectivity index (χ1v) is 5.08. The lowest BCUT2D eigenvalue weighted by molar-refractivity contribution is 0.246. The maximum Gasteiger partial charge on any atom is 0.312 e. The number of primary amides is 1. The topological polar surface area (TPSA) is 89.3 Å². The number of hydrogen-bond donors (Lipinski definition) is 2. The standard InChI is InChI=1S/C5H10N2O3S/c6-5(8)7-4-1-2-11(9,10)3-4/h4H,1-3H2,(H3,6,7,8)/t4-/m1/s1. The minimum atomic E-state index is -2.91. The lowest BCUT2D eigenvalue weighted by atomic mass is 10.3. The van der Waals surface area contributed by atoms with Crippen LogP contribution in [0.2, 0.25) is 0 Å². The fourth-order valence-corrected chi connectivity index (χ4v) is 2.78. The van der Waals surface area contributed by atoms with Crippen LogP contribution in [0, 0.1) is 0 Å². The highest BCUT2D eigenvalue weighted by molar-refractivity contribution is 7.91. The van der Waals surface area contributed by atoms with E-state index in [1.54, 1.807) is 0 Å². The van der Waals surface area contributed by atoms with Crippen molar-refractivity contribution < 1.29 is 13.2 Å². The van der Waals surface area contributed by atoms with E-state index in [0.29, 0.717) is 6.42 Å². The molecule has 5 nitrogen and oxygen atoms in total. The second-order valence-corrected chi connectivity index (χ2v) is 4.84. The molecule has 1 saturated heterocycles. The van der Waals surface area contributed by atoms with Crippen molar-refractivity contribution in [2.75, 3.05) is 11.5 Å². The van der Waals surface area contributed by atoms with E-state index in [1.165, 1.54) is 0 Å². The molecule has 3 N–H and O–H groups in total. The van der Waals surface area contributed by atoms with Crippen LogP contribution in [-0.2, 0) is 9.84 Å². The van der Waals surface area contributed by atoms with Crippen LogP contribution < -0.4 is 11.1 Å². The van der Waals surface area contributed by atoms with E-state index in [-0.39, 0.29) is 17.5 Å². The van der Waals surface area contributed by atoms with Crippen LogP contribution in [0.15, 0.2) is 0 Å². The molecular weight excluding hydrogens is 168 g/mol. The Labute approximate surface area is 64.9 Å². The zero-order valence-electron chi connectivity index (χ0n) is 5.91. The van der Waals surface area contributed by atoms with Crippen molar-refractivity contribution in [3.8, 4) is 0 Å². The monoisotopic (exact) mass is 178 g/mol. The van der Waals surface area contributed by atoms with Gasteiger partial charge in [-0.25, -0.2) is 13.2 Å². The lowest BCUT2D eigenvalue weighted by Gasteiger charge is -2.06. The molecule has 0 aromatic carbocycles. The minimum absolute atomic E-state index is 0.0237. The van der Waals surface area contributed by atoms with E-state index >= 15 is 0 Å². The van der Waals surface area contributed by atoms with E-state index in [2.05, 4.69) is 5.32 Å². The number of nitrogens with two attached hydrogens (primary N) is 1. The van der Waals surface area contributed by atoms with Crippen LogP contribution >= 0.6 is 0 Å². The molecular formula is C5H10N2O3S. The maximum absolute atomic E-state index is 10.8. The first-order valence-electron chi connectivity index (χ1n) is 3.26. The second-order valence-electron chi connectivity index (χ2n) is 2.61. The molecule has 0 aliphatic carbocycles. The molecule has 11 heavy (non-hydrogen) atoms. The molecule has 1 aliphatic heterocycles.